The van der Waals surface area contributed by atoms with Crippen LogP contribution in [0.5, 0.6) is 5.75 Å². The van der Waals surface area contributed by atoms with Crippen LogP contribution in [0.1, 0.15) is 43.9 Å². The minimum atomic E-state index is -1.03. The third-order valence-electron chi connectivity index (χ3n) is 4.68. The van der Waals surface area contributed by atoms with Crippen molar-refractivity contribution < 1.29 is 24.5 Å². The van der Waals surface area contributed by atoms with Gasteiger partial charge in [-0.3, -0.25) is 5.32 Å². The summed E-state index contributed by atoms with van der Waals surface area (Å²) in [6.45, 7) is 3.75. The zero-order chi connectivity index (χ0) is 23.0. The van der Waals surface area contributed by atoms with E-state index in [4.69, 9.17) is 15.1 Å². The average molecular weight is 487 g/mol. The first-order chi connectivity index (χ1) is 14.6. The molecule has 2 aromatic carbocycles. The van der Waals surface area contributed by atoms with Gasteiger partial charge in [-0.2, -0.15) is 5.26 Å². The van der Waals surface area contributed by atoms with E-state index in [9.17, 15) is 14.7 Å². The Hall–Kier alpha value is -3.31. The van der Waals surface area contributed by atoms with Crippen LogP contribution in [0.4, 0.5) is 10.5 Å². The van der Waals surface area contributed by atoms with Crippen LogP contribution < -0.4 is 5.32 Å². The molecule has 7 nitrogen and oxygen atoms in total. The van der Waals surface area contributed by atoms with Crippen LogP contribution in [-0.4, -0.2) is 22.3 Å². The van der Waals surface area contributed by atoms with Gasteiger partial charge in [-0.25, -0.2) is 9.59 Å². The number of nitriles is 1. The summed E-state index contributed by atoms with van der Waals surface area (Å²) in [4.78, 5) is 23.3. The lowest BCUT2D eigenvalue weighted by Gasteiger charge is -2.34. The first kappa shape index (κ1) is 24.0. The predicted molar refractivity (Wildman–Crippen MR) is 120 cm³/mol. The number of hydrogen-bond donors (Lipinski definition) is 3. The predicted octanol–water partition coefficient (Wildman–Crippen LogP) is 5.76. The van der Waals surface area contributed by atoms with Crippen molar-refractivity contribution in [2.45, 2.75) is 32.8 Å². The Bertz CT molecular complexity index is 1010. The van der Waals surface area contributed by atoms with Crippen LogP contribution in [0.2, 0.25) is 0 Å². The molecule has 1 atom stereocenters. The minimum Gasteiger partial charge on any atom is -0.508 e. The number of phenolic OH excluding ortho intramolecular Hbond substituents is 1. The SMILES string of the molecule is CC(C)(CC/C=C/C(=O)O)[C@H](OC(=O)Nc1ccc(C#N)cc1)c1cc(Br)ccc1O. The molecule has 2 rings (SSSR count). The molecule has 3 N–H and O–H groups in total. The fraction of sp³-hybridized carbons (Fsp3) is 0.261. The van der Waals surface area contributed by atoms with Crippen molar-refractivity contribution in [3.8, 4) is 11.8 Å². The zero-order valence-electron chi connectivity index (χ0n) is 17.1. The summed E-state index contributed by atoms with van der Waals surface area (Å²) in [5.41, 5.74) is 0.717. The molecule has 0 bridgehead atoms. The second-order valence-corrected chi connectivity index (χ2v) is 8.49. The summed E-state index contributed by atoms with van der Waals surface area (Å²) in [6.07, 6.45) is 2.02. The number of carbonyl (C=O) groups excluding carboxylic acids is 1. The summed E-state index contributed by atoms with van der Waals surface area (Å²) in [5.74, 6) is -1.05. The van der Waals surface area contributed by atoms with Crippen LogP contribution >= 0.6 is 15.9 Å². The van der Waals surface area contributed by atoms with E-state index in [2.05, 4.69) is 21.2 Å². The van der Waals surface area contributed by atoms with Gasteiger partial charge in [0.25, 0.3) is 0 Å². The molecule has 0 fully saturated rings. The Morgan fingerprint density at radius 1 is 1.26 bits per heavy atom. The summed E-state index contributed by atoms with van der Waals surface area (Å²) >= 11 is 3.37. The van der Waals surface area contributed by atoms with E-state index in [0.29, 0.717) is 34.1 Å². The number of aliphatic carboxylic acids is 1. The number of amides is 1. The number of benzene rings is 2. The van der Waals surface area contributed by atoms with Crippen LogP contribution in [-0.2, 0) is 9.53 Å². The fourth-order valence-electron chi connectivity index (χ4n) is 3.03. The van der Waals surface area contributed by atoms with Gasteiger partial charge >= 0.3 is 12.1 Å². The van der Waals surface area contributed by atoms with Crippen molar-refractivity contribution in [2.75, 3.05) is 5.32 Å². The minimum absolute atomic E-state index is 0.0199. The molecule has 0 unspecified atom stereocenters. The van der Waals surface area contributed by atoms with Crippen molar-refractivity contribution in [2.24, 2.45) is 5.41 Å². The normalized spacial score (nSPS) is 12.2. The van der Waals surface area contributed by atoms with E-state index in [1.807, 2.05) is 19.9 Å². The monoisotopic (exact) mass is 486 g/mol. The molecular formula is C23H23BrN2O5. The van der Waals surface area contributed by atoms with Gasteiger partial charge in [-0.05, 0) is 55.3 Å². The van der Waals surface area contributed by atoms with Crippen molar-refractivity contribution in [1.82, 2.24) is 0 Å². The Morgan fingerprint density at radius 2 is 1.94 bits per heavy atom. The molecule has 0 aliphatic rings. The Morgan fingerprint density at radius 3 is 2.55 bits per heavy atom. The molecule has 0 aliphatic heterocycles. The van der Waals surface area contributed by atoms with Gasteiger partial charge in [0.05, 0.1) is 11.6 Å². The molecule has 0 aromatic heterocycles. The first-order valence-electron chi connectivity index (χ1n) is 9.48. The molecule has 0 radical (unpaired) electrons. The highest BCUT2D eigenvalue weighted by Gasteiger charge is 2.35. The second-order valence-electron chi connectivity index (χ2n) is 7.57. The van der Waals surface area contributed by atoms with Crippen LogP contribution in [0.3, 0.4) is 0 Å². The van der Waals surface area contributed by atoms with Crippen LogP contribution in [0.15, 0.2) is 59.1 Å². The van der Waals surface area contributed by atoms with Gasteiger partial charge in [0.2, 0.25) is 0 Å². The number of phenols is 1. The Balaban J connectivity index is 2.26. The standard InChI is InChI=1S/C23H23BrN2O5/c1-23(2,12-4-3-5-20(28)29)21(18-13-16(24)8-11-19(18)27)31-22(30)26-17-9-6-15(14-25)7-10-17/h3,5-11,13,21,27H,4,12H2,1-2H3,(H,26,30)(H,28,29)/b5-3+/t21-/m1/s1. The zero-order valence-corrected chi connectivity index (χ0v) is 18.7. The lowest BCUT2D eigenvalue weighted by molar-refractivity contribution is -0.131. The Labute approximate surface area is 189 Å². The van der Waals surface area contributed by atoms with Gasteiger partial charge in [-0.15, -0.1) is 0 Å². The number of carboxylic acid groups (broad SMARTS) is 1. The molecule has 2 aromatic rings. The largest absolute Gasteiger partial charge is 0.508 e. The van der Waals surface area contributed by atoms with E-state index in [1.165, 1.54) is 6.07 Å². The number of hydrogen-bond acceptors (Lipinski definition) is 5. The number of nitrogens with zero attached hydrogens (tertiary/aromatic N) is 1. The van der Waals surface area contributed by atoms with Crippen molar-refractivity contribution >= 4 is 33.7 Å². The molecule has 162 valence electrons. The number of rotatable bonds is 8. The van der Waals surface area contributed by atoms with Gasteiger partial charge < -0.3 is 14.9 Å². The van der Waals surface area contributed by atoms with Gasteiger partial charge in [0.15, 0.2) is 0 Å². The third kappa shape index (κ3) is 7.15. The van der Waals surface area contributed by atoms with Crippen LogP contribution in [0, 0.1) is 16.7 Å². The van der Waals surface area contributed by atoms with E-state index < -0.39 is 23.6 Å². The topological polar surface area (TPSA) is 120 Å². The van der Waals surface area contributed by atoms with E-state index in [0.717, 1.165) is 6.08 Å². The van der Waals surface area contributed by atoms with E-state index >= 15 is 0 Å². The number of aromatic hydroxyl groups is 1. The van der Waals surface area contributed by atoms with Crippen LogP contribution in [0.25, 0.3) is 0 Å². The fourth-order valence-corrected chi connectivity index (χ4v) is 3.41. The summed E-state index contributed by atoms with van der Waals surface area (Å²) in [5, 5.41) is 30.7. The van der Waals surface area contributed by atoms with Gasteiger partial charge in [0, 0.05) is 27.2 Å². The average Bonchev–Trinajstić information content (AvgIpc) is 2.72. The number of allylic oxidation sites excluding steroid dienone is 1. The molecule has 0 saturated heterocycles. The molecule has 0 heterocycles. The summed E-state index contributed by atoms with van der Waals surface area (Å²) in [6, 6.07) is 13.2. The third-order valence-corrected chi connectivity index (χ3v) is 5.18. The van der Waals surface area contributed by atoms with E-state index in [1.54, 1.807) is 42.5 Å². The van der Waals surface area contributed by atoms with Crippen molar-refractivity contribution in [1.29, 1.82) is 5.26 Å². The molecule has 8 heteroatoms. The molecular weight excluding hydrogens is 464 g/mol. The number of nitrogens with one attached hydrogen (secondary N) is 1. The number of carbonyl (C=O) groups is 2. The maximum atomic E-state index is 12.6. The second kappa shape index (κ2) is 10.6. The molecule has 0 aliphatic carbocycles. The lowest BCUT2D eigenvalue weighted by Crippen LogP contribution is -2.29. The Kier molecular flexibility index (Phi) is 8.22. The van der Waals surface area contributed by atoms with Crippen molar-refractivity contribution in [3.63, 3.8) is 0 Å². The maximum absolute atomic E-state index is 12.6. The molecule has 0 saturated carbocycles. The van der Waals surface area contributed by atoms with E-state index in [-0.39, 0.29) is 5.75 Å². The van der Waals surface area contributed by atoms with Gasteiger partial charge in [0.1, 0.15) is 11.9 Å². The van der Waals surface area contributed by atoms with Gasteiger partial charge in [-0.1, -0.05) is 35.9 Å². The molecule has 31 heavy (non-hydrogen) atoms. The number of halogens is 1. The highest BCUT2D eigenvalue weighted by molar-refractivity contribution is 9.10. The highest BCUT2D eigenvalue weighted by Crippen LogP contribution is 2.44. The quantitative estimate of drug-likeness (QED) is 0.407. The van der Waals surface area contributed by atoms with Crippen molar-refractivity contribution in [3.05, 3.63) is 70.2 Å². The smallest absolute Gasteiger partial charge is 0.412 e. The summed E-state index contributed by atoms with van der Waals surface area (Å²) < 4.78 is 6.45. The number of ether oxygens (including phenoxy) is 1. The first-order valence-corrected chi connectivity index (χ1v) is 10.3. The number of anilines is 1. The number of carboxylic acids is 1. The summed E-state index contributed by atoms with van der Waals surface area (Å²) in [7, 11) is 0. The lowest BCUT2D eigenvalue weighted by atomic mass is 9.78. The highest BCUT2D eigenvalue weighted by atomic mass is 79.9. The molecule has 0 spiro atoms. The maximum Gasteiger partial charge on any atom is 0.412 e. The molecule has 1 amide bonds.